The zero-order valence-corrected chi connectivity index (χ0v) is 10.6. The summed E-state index contributed by atoms with van der Waals surface area (Å²) in [6, 6.07) is 2.25. The number of aromatic carboxylic acids is 1. The molecule has 0 unspecified atom stereocenters. The van der Waals surface area contributed by atoms with Gasteiger partial charge in [0.2, 0.25) is 0 Å². The predicted molar refractivity (Wildman–Crippen MR) is 68.1 cm³/mol. The van der Waals surface area contributed by atoms with Crippen LogP contribution in [0.2, 0.25) is 5.02 Å². The predicted octanol–water partition coefficient (Wildman–Crippen LogP) is 1.78. The van der Waals surface area contributed by atoms with E-state index in [0.29, 0.717) is 26.3 Å². The van der Waals surface area contributed by atoms with Crippen LogP contribution < -0.4 is 4.90 Å². The van der Waals surface area contributed by atoms with Crippen LogP contribution in [0, 0.1) is 10.1 Å². The van der Waals surface area contributed by atoms with Crippen LogP contribution in [0.3, 0.4) is 0 Å². The highest BCUT2D eigenvalue weighted by Gasteiger charge is 2.26. The van der Waals surface area contributed by atoms with Gasteiger partial charge in [-0.25, -0.2) is 4.79 Å². The number of halogens is 1. The van der Waals surface area contributed by atoms with E-state index in [1.165, 1.54) is 6.07 Å². The third-order valence-electron chi connectivity index (χ3n) is 2.81. The number of nitrogens with zero attached hydrogens (tertiary/aromatic N) is 2. The van der Waals surface area contributed by atoms with E-state index < -0.39 is 10.9 Å². The van der Waals surface area contributed by atoms with Gasteiger partial charge in [0.15, 0.2) is 0 Å². The van der Waals surface area contributed by atoms with Crippen molar-refractivity contribution in [1.82, 2.24) is 0 Å². The maximum Gasteiger partial charge on any atom is 0.335 e. The molecule has 2 rings (SSSR count). The van der Waals surface area contributed by atoms with E-state index in [1.807, 2.05) is 0 Å². The summed E-state index contributed by atoms with van der Waals surface area (Å²) in [7, 11) is 0. The SMILES string of the molecule is O=C(O)c1cc(Cl)c(N2CCOCC2)c([N+](=O)[O-])c1. The molecule has 1 N–H and O–H groups in total. The van der Waals surface area contributed by atoms with E-state index in [-0.39, 0.29) is 22.0 Å². The molecular formula is C11H11ClN2O5. The first-order valence-corrected chi connectivity index (χ1v) is 5.92. The summed E-state index contributed by atoms with van der Waals surface area (Å²) >= 11 is 6.01. The quantitative estimate of drug-likeness (QED) is 0.672. The lowest BCUT2D eigenvalue weighted by atomic mass is 10.1. The van der Waals surface area contributed by atoms with Gasteiger partial charge in [0.1, 0.15) is 5.69 Å². The number of hydrogen-bond donors (Lipinski definition) is 1. The number of carboxylic acid groups (broad SMARTS) is 1. The smallest absolute Gasteiger partial charge is 0.335 e. The van der Waals surface area contributed by atoms with Gasteiger partial charge in [0.05, 0.1) is 28.7 Å². The lowest BCUT2D eigenvalue weighted by Gasteiger charge is -2.29. The molecule has 1 saturated heterocycles. The molecule has 0 aliphatic carbocycles. The molecule has 0 radical (unpaired) electrons. The lowest BCUT2D eigenvalue weighted by molar-refractivity contribution is -0.384. The van der Waals surface area contributed by atoms with Crippen LogP contribution in [0.5, 0.6) is 0 Å². The molecule has 1 heterocycles. The Bertz CT molecular complexity index is 528. The summed E-state index contributed by atoms with van der Waals surface area (Å²) in [6.45, 7) is 1.86. The Labute approximate surface area is 113 Å². The van der Waals surface area contributed by atoms with E-state index in [2.05, 4.69) is 0 Å². The van der Waals surface area contributed by atoms with E-state index in [4.69, 9.17) is 21.4 Å². The molecule has 0 saturated carbocycles. The molecule has 1 aliphatic heterocycles. The fourth-order valence-corrected chi connectivity index (χ4v) is 2.28. The summed E-state index contributed by atoms with van der Waals surface area (Å²) in [6.07, 6.45) is 0. The number of carboxylic acids is 1. The minimum atomic E-state index is -1.25. The van der Waals surface area contributed by atoms with Crippen molar-refractivity contribution < 1.29 is 19.6 Å². The first-order valence-electron chi connectivity index (χ1n) is 5.54. The average molecular weight is 287 g/mol. The van der Waals surface area contributed by atoms with Crippen LogP contribution in [0.15, 0.2) is 12.1 Å². The van der Waals surface area contributed by atoms with Crippen LogP contribution in [-0.4, -0.2) is 42.3 Å². The van der Waals surface area contributed by atoms with Gasteiger partial charge in [-0.2, -0.15) is 0 Å². The monoisotopic (exact) mass is 286 g/mol. The first-order chi connectivity index (χ1) is 9.00. The molecule has 1 fully saturated rings. The summed E-state index contributed by atoms with van der Waals surface area (Å²) in [5.41, 5.74) is -0.250. The standard InChI is InChI=1S/C11H11ClN2O5/c12-8-5-7(11(15)16)6-9(14(17)18)10(8)13-1-3-19-4-2-13/h5-6H,1-4H2,(H,15,16). The van der Waals surface area contributed by atoms with Gasteiger partial charge in [-0.05, 0) is 6.07 Å². The topological polar surface area (TPSA) is 92.9 Å². The highest BCUT2D eigenvalue weighted by Crippen LogP contribution is 2.37. The summed E-state index contributed by atoms with van der Waals surface area (Å²) in [4.78, 5) is 23.1. The Morgan fingerprint density at radius 1 is 1.42 bits per heavy atom. The Hall–Kier alpha value is -1.86. The molecule has 0 bridgehead atoms. The van der Waals surface area contributed by atoms with Gasteiger partial charge in [-0.15, -0.1) is 0 Å². The number of rotatable bonds is 3. The summed E-state index contributed by atoms with van der Waals surface area (Å²) < 4.78 is 5.17. The zero-order valence-electron chi connectivity index (χ0n) is 9.84. The van der Waals surface area contributed by atoms with Gasteiger partial charge in [0.25, 0.3) is 5.69 Å². The number of benzene rings is 1. The van der Waals surface area contributed by atoms with Crippen LogP contribution in [0.25, 0.3) is 0 Å². The molecule has 8 heteroatoms. The fraction of sp³-hybridized carbons (Fsp3) is 0.364. The van der Waals surface area contributed by atoms with E-state index >= 15 is 0 Å². The minimum Gasteiger partial charge on any atom is -0.478 e. The van der Waals surface area contributed by atoms with Crippen LogP contribution >= 0.6 is 11.6 Å². The van der Waals surface area contributed by atoms with E-state index in [1.54, 1.807) is 4.90 Å². The normalized spacial score (nSPS) is 15.3. The van der Waals surface area contributed by atoms with E-state index in [0.717, 1.165) is 6.07 Å². The lowest BCUT2D eigenvalue weighted by Crippen LogP contribution is -2.36. The summed E-state index contributed by atoms with van der Waals surface area (Å²) in [5.74, 6) is -1.25. The maximum atomic E-state index is 11.1. The highest BCUT2D eigenvalue weighted by molar-refractivity contribution is 6.34. The van der Waals surface area contributed by atoms with Crippen molar-refractivity contribution in [2.24, 2.45) is 0 Å². The fourth-order valence-electron chi connectivity index (χ4n) is 1.95. The first kappa shape index (κ1) is 13.6. The molecule has 19 heavy (non-hydrogen) atoms. The number of anilines is 1. The van der Waals surface area contributed by atoms with Crippen molar-refractivity contribution in [3.05, 3.63) is 32.8 Å². The Morgan fingerprint density at radius 3 is 2.58 bits per heavy atom. The zero-order chi connectivity index (χ0) is 14.0. The van der Waals surface area contributed by atoms with Crippen molar-refractivity contribution in [2.45, 2.75) is 0 Å². The van der Waals surface area contributed by atoms with Gasteiger partial charge in [-0.1, -0.05) is 11.6 Å². The molecule has 0 aromatic heterocycles. The second-order valence-corrected chi connectivity index (χ2v) is 4.39. The molecule has 0 atom stereocenters. The van der Waals surface area contributed by atoms with Crippen molar-refractivity contribution >= 4 is 28.9 Å². The largest absolute Gasteiger partial charge is 0.478 e. The molecule has 7 nitrogen and oxygen atoms in total. The number of carbonyl (C=O) groups is 1. The van der Waals surface area contributed by atoms with Crippen molar-refractivity contribution in [1.29, 1.82) is 0 Å². The summed E-state index contributed by atoms with van der Waals surface area (Å²) in [5, 5.41) is 20.1. The third kappa shape index (κ3) is 2.77. The molecule has 102 valence electrons. The molecule has 1 aromatic carbocycles. The second-order valence-electron chi connectivity index (χ2n) is 3.99. The van der Waals surface area contributed by atoms with Gasteiger partial charge in [0, 0.05) is 19.2 Å². The van der Waals surface area contributed by atoms with Gasteiger partial charge < -0.3 is 14.7 Å². The van der Waals surface area contributed by atoms with Gasteiger partial charge in [-0.3, -0.25) is 10.1 Å². The molecule has 0 amide bonds. The minimum absolute atomic E-state index is 0.0634. The van der Waals surface area contributed by atoms with Crippen molar-refractivity contribution in [3.63, 3.8) is 0 Å². The molecule has 1 aliphatic rings. The van der Waals surface area contributed by atoms with Crippen molar-refractivity contribution in [3.8, 4) is 0 Å². The van der Waals surface area contributed by atoms with E-state index in [9.17, 15) is 14.9 Å². The van der Waals surface area contributed by atoms with Crippen molar-refractivity contribution in [2.75, 3.05) is 31.2 Å². The highest BCUT2D eigenvalue weighted by atomic mass is 35.5. The Balaban J connectivity index is 2.51. The number of ether oxygens (including phenoxy) is 1. The Morgan fingerprint density at radius 2 is 2.05 bits per heavy atom. The number of nitro groups is 1. The molecule has 0 spiro atoms. The van der Waals surface area contributed by atoms with Crippen LogP contribution in [0.4, 0.5) is 11.4 Å². The number of nitro benzene ring substituents is 1. The van der Waals surface area contributed by atoms with Crippen LogP contribution in [0.1, 0.15) is 10.4 Å². The number of hydrogen-bond acceptors (Lipinski definition) is 5. The maximum absolute atomic E-state index is 11.1. The second kappa shape index (κ2) is 5.41. The van der Waals surface area contributed by atoms with Crippen LogP contribution in [-0.2, 0) is 4.74 Å². The van der Waals surface area contributed by atoms with Gasteiger partial charge >= 0.3 is 5.97 Å². The molecular weight excluding hydrogens is 276 g/mol. The molecule has 1 aromatic rings. The Kier molecular flexibility index (Phi) is 3.87. The average Bonchev–Trinajstić information content (AvgIpc) is 2.38. The number of morpholine rings is 1. The third-order valence-corrected chi connectivity index (χ3v) is 3.10.